The first-order valence-corrected chi connectivity index (χ1v) is 10.7. The number of aliphatic hydroxyl groups excluding tert-OH is 1. The average molecular weight is 416 g/mol. The van der Waals surface area contributed by atoms with Gasteiger partial charge in [0.05, 0.1) is 4.88 Å². The number of rotatable bonds is 8. The Morgan fingerprint density at radius 1 is 1.21 bits per heavy atom. The van der Waals surface area contributed by atoms with Crippen molar-refractivity contribution in [3.8, 4) is 27.9 Å². The third-order valence-corrected chi connectivity index (χ3v) is 5.92. The molecule has 3 aromatic rings. The molecule has 0 aliphatic heterocycles. The summed E-state index contributed by atoms with van der Waals surface area (Å²) in [6.45, 7) is 10.8. The molecule has 7 heteroatoms. The molecule has 0 bridgehead atoms. The molecule has 1 unspecified atom stereocenters. The molecule has 3 N–H and O–H groups in total. The lowest BCUT2D eigenvalue weighted by atomic mass is 10.0. The van der Waals surface area contributed by atoms with Crippen LogP contribution in [0.3, 0.4) is 0 Å². The van der Waals surface area contributed by atoms with E-state index in [0.717, 1.165) is 33.7 Å². The number of nitrogens with two attached hydrogens (primary N) is 1. The van der Waals surface area contributed by atoms with E-state index >= 15 is 0 Å². The molecular formula is C22H29N3O3S. The lowest BCUT2D eigenvalue weighted by Gasteiger charge is -2.15. The van der Waals surface area contributed by atoms with Crippen LogP contribution in [0.1, 0.15) is 36.1 Å². The van der Waals surface area contributed by atoms with Crippen molar-refractivity contribution < 1.29 is 14.4 Å². The molecule has 6 nitrogen and oxygen atoms in total. The average Bonchev–Trinajstić information content (AvgIpc) is 3.28. The van der Waals surface area contributed by atoms with Crippen molar-refractivity contribution in [2.75, 3.05) is 13.2 Å². The minimum atomic E-state index is -0.678. The molecule has 3 rings (SSSR count). The van der Waals surface area contributed by atoms with Crippen LogP contribution in [0.4, 0.5) is 0 Å². The first-order valence-electron chi connectivity index (χ1n) is 9.83. The molecule has 156 valence electrons. The topological polar surface area (TPSA) is 94.4 Å². The zero-order chi connectivity index (χ0) is 21.1. The van der Waals surface area contributed by atoms with Crippen molar-refractivity contribution in [1.29, 1.82) is 0 Å². The number of hydrogen-bond donors (Lipinski definition) is 2. The zero-order valence-electron chi connectivity index (χ0n) is 17.7. The largest absolute Gasteiger partial charge is 0.490 e. The van der Waals surface area contributed by atoms with E-state index in [9.17, 15) is 5.11 Å². The van der Waals surface area contributed by atoms with Crippen LogP contribution < -0.4 is 10.5 Å². The fourth-order valence-electron chi connectivity index (χ4n) is 3.29. The molecule has 0 saturated carbocycles. The summed E-state index contributed by atoms with van der Waals surface area (Å²) < 4.78 is 11.3. The van der Waals surface area contributed by atoms with Gasteiger partial charge in [-0.25, -0.2) is 0 Å². The molecule has 0 amide bonds. The van der Waals surface area contributed by atoms with Gasteiger partial charge in [-0.1, -0.05) is 19.0 Å². The smallest absolute Gasteiger partial charge is 0.268 e. The van der Waals surface area contributed by atoms with Crippen LogP contribution in [0.2, 0.25) is 0 Å². The minimum Gasteiger partial charge on any atom is -0.490 e. The maximum Gasteiger partial charge on any atom is 0.268 e. The molecule has 0 spiro atoms. The van der Waals surface area contributed by atoms with E-state index in [4.69, 9.17) is 15.0 Å². The van der Waals surface area contributed by atoms with Crippen molar-refractivity contribution in [1.82, 2.24) is 10.1 Å². The van der Waals surface area contributed by atoms with Crippen molar-refractivity contribution in [2.45, 2.75) is 47.1 Å². The summed E-state index contributed by atoms with van der Waals surface area (Å²) in [4.78, 5) is 5.67. The normalized spacial score (nSPS) is 12.6. The maximum absolute atomic E-state index is 9.64. The molecule has 1 atom stereocenters. The molecule has 0 radical (unpaired) electrons. The number of thiophene rings is 1. The Kier molecular flexibility index (Phi) is 6.72. The lowest BCUT2D eigenvalue weighted by molar-refractivity contribution is 0.113. The van der Waals surface area contributed by atoms with Gasteiger partial charge in [-0.15, -0.1) is 11.3 Å². The summed E-state index contributed by atoms with van der Waals surface area (Å²) in [5.41, 5.74) is 10.8. The van der Waals surface area contributed by atoms with Crippen LogP contribution in [0.5, 0.6) is 5.75 Å². The van der Waals surface area contributed by atoms with Gasteiger partial charge in [0.2, 0.25) is 5.82 Å². The molecule has 0 aliphatic carbocycles. The lowest BCUT2D eigenvalue weighted by Crippen LogP contribution is -2.26. The highest BCUT2D eigenvalue weighted by Gasteiger charge is 2.18. The monoisotopic (exact) mass is 415 g/mol. The van der Waals surface area contributed by atoms with Crippen molar-refractivity contribution in [3.05, 3.63) is 39.8 Å². The van der Waals surface area contributed by atoms with Crippen molar-refractivity contribution in [3.63, 3.8) is 0 Å². The van der Waals surface area contributed by atoms with Gasteiger partial charge in [-0.3, -0.25) is 0 Å². The number of aryl methyl sites for hydroxylation is 2. The number of nitrogens with zero attached hydrogens (tertiary/aromatic N) is 2. The highest BCUT2D eigenvalue weighted by atomic mass is 32.1. The summed E-state index contributed by atoms with van der Waals surface area (Å²) in [6.07, 6.45) is 0.366. The van der Waals surface area contributed by atoms with Gasteiger partial charge in [0.25, 0.3) is 5.89 Å². The van der Waals surface area contributed by atoms with Crippen LogP contribution in [0, 0.1) is 26.7 Å². The number of aliphatic hydroxyl groups is 1. The molecule has 0 aliphatic rings. The molecule has 0 fully saturated rings. The standard InChI is InChI=1S/C22H29N3O3S/c1-12(2)6-17-11-29-20(15(17)5)22-24-21(25-28-22)16-7-13(3)19(14(4)8-16)27-10-18(26)9-23/h7-8,11-12,18,26H,6,9-10,23H2,1-5H3. The van der Waals surface area contributed by atoms with Gasteiger partial charge in [0.15, 0.2) is 0 Å². The SMILES string of the molecule is Cc1cc(-c2noc(-c3scc(CC(C)C)c3C)n2)cc(C)c1OCC(O)CN. The molecular weight excluding hydrogens is 386 g/mol. The van der Waals surface area contributed by atoms with Crippen LogP contribution in [0.15, 0.2) is 22.0 Å². The predicted molar refractivity (Wildman–Crippen MR) is 116 cm³/mol. The predicted octanol–water partition coefficient (Wildman–Crippen LogP) is 4.29. The van der Waals surface area contributed by atoms with E-state index in [1.807, 2.05) is 26.0 Å². The quantitative estimate of drug-likeness (QED) is 0.570. The Balaban J connectivity index is 1.84. The van der Waals surface area contributed by atoms with Crippen molar-refractivity contribution in [2.24, 2.45) is 11.7 Å². The third kappa shape index (κ3) is 4.86. The fourth-order valence-corrected chi connectivity index (χ4v) is 4.32. The zero-order valence-corrected chi connectivity index (χ0v) is 18.5. The third-order valence-electron chi connectivity index (χ3n) is 4.80. The van der Waals surface area contributed by atoms with Gasteiger partial charge in [0.1, 0.15) is 18.5 Å². The van der Waals surface area contributed by atoms with Crippen molar-refractivity contribution >= 4 is 11.3 Å². The first-order chi connectivity index (χ1) is 13.8. The number of ether oxygens (including phenoxy) is 1. The first kappa shape index (κ1) is 21.5. The van der Waals surface area contributed by atoms with Crippen LogP contribution in [0.25, 0.3) is 22.2 Å². The Morgan fingerprint density at radius 2 is 1.90 bits per heavy atom. The van der Waals surface area contributed by atoms with E-state index in [1.165, 1.54) is 11.1 Å². The highest BCUT2D eigenvalue weighted by molar-refractivity contribution is 7.13. The van der Waals surface area contributed by atoms with Gasteiger partial charge in [0, 0.05) is 12.1 Å². The van der Waals surface area contributed by atoms with Gasteiger partial charge in [-0.2, -0.15) is 4.98 Å². The number of aromatic nitrogens is 2. The van der Waals surface area contributed by atoms with E-state index in [0.29, 0.717) is 17.6 Å². The van der Waals surface area contributed by atoms with Crippen LogP contribution >= 0.6 is 11.3 Å². The summed E-state index contributed by atoms with van der Waals surface area (Å²) in [6, 6.07) is 3.94. The molecule has 2 heterocycles. The Morgan fingerprint density at radius 3 is 2.52 bits per heavy atom. The second kappa shape index (κ2) is 9.07. The van der Waals surface area contributed by atoms with Gasteiger partial charge < -0.3 is 20.1 Å². The van der Waals surface area contributed by atoms with E-state index in [-0.39, 0.29) is 13.2 Å². The summed E-state index contributed by atoms with van der Waals surface area (Å²) in [5, 5.41) is 16.0. The highest BCUT2D eigenvalue weighted by Crippen LogP contribution is 2.34. The second-order valence-electron chi connectivity index (χ2n) is 7.88. The van der Waals surface area contributed by atoms with E-state index in [2.05, 4.69) is 36.3 Å². The molecule has 2 aromatic heterocycles. The minimum absolute atomic E-state index is 0.167. The summed E-state index contributed by atoms with van der Waals surface area (Å²) in [5.74, 6) is 2.46. The van der Waals surface area contributed by atoms with Crippen LogP contribution in [-0.2, 0) is 6.42 Å². The molecule has 29 heavy (non-hydrogen) atoms. The second-order valence-corrected chi connectivity index (χ2v) is 8.76. The van der Waals surface area contributed by atoms with E-state index < -0.39 is 6.10 Å². The Hall–Kier alpha value is -2.22. The number of hydrogen-bond acceptors (Lipinski definition) is 7. The molecule has 0 saturated heterocycles. The summed E-state index contributed by atoms with van der Waals surface area (Å²) >= 11 is 1.65. The Bertz CT molecular complexity index is 955. The van der Waals surface area contributed by atoms with Crippen LogP contribution in [-0.4, -0.2) is 34.5 Å². The van der Waals surface area contributed by atoms with Gasteiger partial charge >= 0.3 is 0 Å². The number of benzene rings is 1. The summed E-state index contributed by atoms with van der Waals surface area (Å²) in [7, 11) is 0. The maximum atomic E-state index is 9.64. The molecule has 1 aromatic carbocycles. The van der Waals surface area contributed by atoms with E-state index in [1.54, 1.807) is 11.3 Å². The Labute approximate surface area is 175 Å². The fraction of sp³-hybridized carbons (Fsp3) is 0.455. The van der Waals surface area contributed by atoms with Gasteiger partial charge in [-0.05, 0) is 72.9 Å².